The minimum Gasteiger partial charge on any atom is -0.383 e. The number of aryl methyl sites for hydroxylation is 2. The van der Waals surface area contributed by atoms with E-state index in [0.717, 1.165) is 49.5 Å². The molecule has 0 spiro atoms. The van der Waals surface area contributed by atoms with Crippen LogP contribution in [0.3, 0.4) is 0 Å². The van der Waals surface area contributed by atoms with E-state index in [4.69, 9.17) is 10.5 Å². The molecular weight excluding hydrogens is 264 g/mol. The van der Waals surface area contributed by atoms with Crippen molar-refractivity contribution in [1.82, 2.24) is 14.5 Å². The molecule has 2 N–H and O–H groups in total. The highest BCUT2D eigenvalue weighted by Crippen LogP contribution is 2.35. The molecule has 0 unspecified atom stereocenters. The molecule has 0 amide bonds. The van der Waals surface area contributed by atoms with Gasteiger partial charge in [0.25, 0.3) is 0 Å². The molecule has 1 saturated heterocycles. The predicted octanol–water partition coefficient (Wildman–Crippen LogP) is 2.76. The Morgan fingerprint density at radius 1 is 1.19 bits per heavy atom. The minimum absolute atomic E-state index is 0.259. The maximum atomic E-state index is 6.12. The van der Waals surface area contributed by atoms with Gasteiger partial charge in [0.2, 0.25) is 0 Å². The molecule has 0 atom stereocenters. The van der Waals surface area contributed by atoms with Crippen LogP contribution in [0.2, 0.25) is 0 Å². The summed E-state index contributed by atoms with van der Waals surface area (Å²) in [5, 5.41) is 1.01. The molecule has 3 rings (SSSR count). The predicted molar refractivity (Wildman–Crippen MR) is 84.3 cm³/mol. The van der Waals surface area contributed by atoms with Gasteiger partial charge in [-0.1, -0.05) is 6.92 Å². The number of nitrogens with two attached hydrogens (primary N) is 1. The first-order valence-electron chi connectivity index (χ1n) is 7.58. The summed E-state index contributed by atoms with van der Waals surface area (Å²) in [6, 6.07) is 0. The number of hydrogen-bond acceptors (Lipinski definition) is 4. The van der Waals surface area contributed by atoms with Gasteiger partial charge in [-0.3, -0.25) is 0 Å². The Bertz CT molecular complexity index is 683. The van der Waals surface area contributed by atoms with Crippen LogP contribution in [0.5, 0.6) is 0 Å². The number of ether oxygens (including phenoxy) is 1. The highest BCUT2D eigenvalue weighted by Gasteiger charge is 2.30. The van der Waals surface area contributed by atoms with Gasteiger partial charge in [-0.05, 0) is 44.6 Å². The van der Waals surface area contributed by atoms with E-state index in [1.165, 1.54) is 11.3 Å². The molecule has 0 aromatic carbocycles. The third-order valence-electron chi connectivity index (χ3n) is 4.85. The maximum absolute atomic E-state index is 6.12. The van der Waals surface area contributed by atoms with E-state index < -0.39 is 0 Å². The van der Waals surface area contributed by atoms with E-state index in [1.54, 1.807) is 0 Å². The molecule has 0 aliphatic carbocycles. The average molecular weight is 288 g/mol. The molecule has 2 aromatic rings. The van der Waals surface area contributed by atoms with Gasteiger partial charge in [0.1, 0.15) is 17.3 Å². The van der Waals surface area contributed by atoms with Crippen LogP contribution in [0, 0.1) is 26.2 Å². The van der Waals surface area contributed by atoms with Crippen LogP contribution < -0.4 is 5.73 Å². The van der Waals surface area contributed by atoms with Crippen LogP contribution in [-0.2, 0) is 11.3 Å². The molecule has 3 heterocycles. The first-order chi connectivity index (χ1) is 9.91. The quantitative estimate of drug-likeness (QED) is 0.922. The summed E-state index contributed by atoms with van der Waals surface area (Å²) in [4.78, 5) is 8.97. The van der Waals surface area contributed by atoms with Crippen molar-refractivity contribution in [3.05, 3.63) is 17.1 Å². The number of fused-ring (bicyclic) bond motifs is 1. The molecule has 1 fully saturated rings. The minimum atomic E-state index is 0.259. The fourth-order valence-electron chi connectivity index (χ4n) is 3.27. The van der Waals surface area contributed by atoms with Gasteiger partial charge in [0, 0.05) is 25.5 Å². The summed E-state index contributed by atoms with van der Waals surface area (Å²) in [5.41, 5.74) is 9.79. The Morgan fingerprint density at radius 3 is 2.52 bits per heavy atom. The highest BCUT2D eigenvalue weighted by atomic mass is 16.5. The lowest BCUT2D eigenvalue weighted by Crippen LogP contribution is -2.31. The SMILES string of the molecule is Cc1nc(N)c2c(C)c(C)n(CC3(C)CCOCC3)c2n1. The van der Waals surface area contributed by atoms with Crippen LogP contribution in [0.4, 0.5) is 5.82 Å². The van der Waals surface area contributed by atoms with Crippen molar-refractivity contribution < 1.29 is 4.74 Å². The van der Waals surface area contributed by atoms with Gasteiger partial charge in [-0.25, -0.2) is 9.97 Å². The summed E-state index contributed by atoms with van der Waals surface area (Å²) in [6.07, 6.45) is 2.18. The van der Waals surface area contributed by atoms with Crippen molar-refractivity contribution in [2.24, 2.45) is 5.41 Å². The molecule has 5 heteroatoms. The Balaban J connectivity index is 2.11. The first-order valence-corrected chi connectivity index (χ1v) is 7.58. The van der Waals surface area contributed by atoms with Gasteiger partial charge in [0.05, 0.1) is 5.39 Å². The first kappa shape index (κ1) is 14.3. The molecule has 0 saturated carbocycles. The molecule has 21 heavy (non-hydrogen) atoms. The number of hydrogen-bond donors (Lipinski definition) is 1. The summed E-state index contributed by atoms with van der Waals surface area (Å²) in [5.74, 6) is 1.32. The molecule has 1 aliphatic heterocycles. The third kappa shape index (κ3) is 2.39. The van der Waals surface area contributed by atoms with Crippen molar-refractivity contribution in [2.45, 2.75) is 47.1 Å². The largest absolute Gasteiger partial charge is 0.383 e. The lowest BCUT2D eigenvalue weighted by atomic mass is 9.82. The van der Waals surface area contributed by atoms with Gasteiger partial charge >= 0.3 is 0 Å². The monoisotopic (exact) mass is 288 g/mol. The van der Waals surface area contributed by atoms with E-state index in [1.807, 2.05) is 6.92 Å². The van der Waals surface area contributed by atoms with E-state index in [0.29, 0.717) is 5.82 Å². The number of rotatable bonds is 2. The van der Waals surface area contributed by atoms with Crippen molar-refractivity contribution in [1.29, 1.82) is 0 Å². The third-order valence-corrected chi connectivity index (χ3v) is 4.85. The van der Waals surface area contributed by atoms with Crippen molar-refractivity contribution in [2.75, 3.05) is 18.9 Å². The zero-order valence-electron chi connectivity index (χ0n) is 13.4. The van der Waals surface area contributed by atoms with E-state index in [2.05, 4.69) is 35.3 Å². The van der Waals surface area contributed by atoms with Gasteiger partial charge < -0.3 is 15.0 Å². The van der Waals surface area contributed by atoms with Crippen LogP contribution >= 0.6 is 0 Å². The zero-order chi connectivity index (χ0) is 15.2. The second-order valence-corrected chi connectivity index (χ2v) is 6.57. The molecule has 0 bridgehead atoms. The summed E-state index contributed by atoms with van der Waals surface area (Å²) in [6.45, 7) is 11.2. The Labute approximate surface area is 125 Å². The fraction of sp³-hybridized carbons (Fsp3) is 0.625. The molecule has 114 valence electrons. The van der Waals surface area contributed by atoms with Gasteiger partial charge in [0.15, 0.2) is 0 Å². The fourth-order valence-corrected chi connectivity index (χ4v) is 3.27. The maximum Gasteiger partial charge on any atom is 0.146 e. The smallest absolute Gasteiger partial charge is 0.146 e. The Morgan fingerprint density at radius 2 is 1.86 bits per heavy atom. The van der Waals surface area contributed by atoms with E-state index >= 15 is 0 Å². The normalized spacial score (nSPS) is 18.3. The Kier molecular flexibility index (Phi) is 3.40. The van der Waals surface area contributed by atoms with Gasteiger partial charge in [-0.15, -0.1) is 0 Å². The van der Waals surface area contributed by atoms with E-state index in [-0.39, 0.29) is 5.41 Å². The molecular formula is C16H24N4O. The number of nitrogens with zero attached hydrogens (tertiary/aromatic N) is 3. The number of anilines is 1. The molecule has 1 aliphatic rings. The lowest BCUT2D eigenvalue weighted by molar-refractivity contribution is 0.0158. The second kappa shape index (κ2) is 4.98. The van der Waals surface area contributed by atoms with Crippen molar-refractivity contribution >= 4 is 16.9 Å². The van der Waals surface area contributed by atoms with Crippen LogP contribution in [0.1, 0.15) is 36.8 Å². The standard InChI is InChI=1S/C16H24N4O/c1-10-11(2)20(9-16(4)5-7-21-8-6-16)15-13(10)14(17)18-12(3)19-15/h5-9H2,1-4H3,(H2,17,18,19). The van der Waals surface area contributed by atoms with E-state index in [9.17, 15) is 0 Å². The highest BCUT2D eigenvalue weighted by molar-refractivity contribution is 5.91. The van der Waals surface area contributed by atoms with Gasteiger partial charge in [-0.2, -0.15) is 0 Å². The summed E-state index contributed by atoms with van der Waals surface area (Å²) in [7, 11) is 0. The topological polar surface area (TPSA) is 66.0 Å². The average Bonchev–Trinajstić information content (AvgIpc) is 2.64. The second-order valence-electron chi connectivity index (χ2n) is 6.57. The lowest BCUT2D eigenvalue weighted by Gasteiger charge is -2.34. The molecule has 5 nitrogen and oxygen atoms in total. The van der Waals surface area contributed by atoms with Crippen molar-refractivity contribution in [3.8, 4) is 0 Å². The summed E-state index contributed by atoms with van der Waals surface area (Å²) >= 11 is 0. The van der Waals surface area contributed by atoms with Crippen LogP contribution in [-0.4, -0.2) is 27.7 Å². The molecule has 2 aromatic heterocycles. The Hall–Kier alpha value is -1.62. The van der Waals surface area contributed by atoms with Crippen molar-refractivity contribution in [3.63, 3.8) is 0 Å². The molecule has 0 radical (unpaired) electrons. The number of aromatic nitrogens is 3. The zero-order valence-corrected chi connectivity index (χ0v) is 13.4. The summed E-state index contributed by atoms with van der Waals surface area (Å²) < 4.78 is 7.83. The van der Waals surface area contributed by atoms with Crippen LogP contribution in [0.15, 0.2) is 0 Å². The number of nitrogen functional groups attached to an aromatic ring is 1. The van der Waals surface area contributed by atoms with Crippen LogP contribution in [0.25, 0.3) is 11.0 Å².